The Bertz CT molecular complexity index is 1320. The van der Waals surface area contributed by atoms with E-state index in [4.69, 9.17) is 4.74 Å². The van der Waals surface area contributed by atoms with Crippen molar-refractivity contribution in [2.24, 2.45) is 0 Å². The molecule has 0 fully saturated rings. The molecule has 0 saturated carbocycles. The van der Waals surface area contributed by atoms with Crippen molar-refractivity contribution in [1.29, 1.82) is 5.26 Å². The number of hydrogen-bond donors (Lipinski definition) is 0. The van der Waals surface area contributed by atoms with Crippen LogP contribution in [0, 0.1) is 17.1 Å². The first-order chi connectivity index (χ1) is 16.5. The number of hydrogen-bond acceptors (Lipinski definition) is 4. The highest BCUT2D eigenvalue weighted by atomic mass is 19.1. The Balaban J connectivity index is 1.34. The Morgan fingerprint density at radius 1 is 1.09 bits per heavy atom. The molecule has 170 valence electrons. The third-order valence-corrected chi connectivity index (χ3v) is 6.38. The van der Waals surface area contributed by atoms with Gasteiger partial charge in [0.15, 0.2) is 11.6 Å². The SMILES string of the molecule is CN1CC=C(c2ccc(CN3Cc4cccc(Oc5c(F)cccc5C#N)c4C3=O)cc2)CC1. The van der Waals surface area contributed by atoms with Gasteiger partial charge in [-0.15, -0.1) is 0 Å². The van der Waals surface area contributed by atoms with E-state index in [1.165, 1.54) is 29.3 Å². The number of ether oxygens (including phenoxy) is 1. The lowest BCUT2D eigenvalue weighted by Crippen LogP contribution is -2.24. The zero-order valence-electron chi connectivity index (χ0n) is 18.9. The maximum absolute atomic E-state index is 14.3. The molecule has 0 spiro atoms. The molecule has 0 N–H and O–H groups in total. The normalized spacial score (nSPS) is 15.6. The predicted octanol–water partition coefficient (Wildman–Crippen LogP) is 5.36. The molecule has 0 aliphatic carbocycles. The van der Waals surface area contributed by atoms with Crippen molar-refractivity contribution in [3.8, 4) is 17.6 Å². The highest BCUT2D eigenvalue weighted by molar-refractivity contribution is 6.01. The van der Waals surface area contributed by atoms with Gasteiger partial charge in [0.1, 0.15) is 11.8 Å². The second-order valence-electron chi connectivity index (χ2n) is 8.72. The zero-order chi connectivity index (χ0) is 23.7. The summed E-state index contributed by atoms with van der Waals surface area (Å²) in [6, 6.07) is 19.8. The highest BCUT2D eigenvalue weighted by Gasteiger charge is 2.31. The molecule has 0 unspecified atom stereocenters. The Morgan fingerprint density at radius 3 is 2.62 bits per heavy atom. The summed E-state index contributed by atoms with van der Waals surface area (Å²) in [6.45, 7) is 2.94. The van der Waals surface area contributed by atoms with Gasteiger partial charge >= 0.3 is 0 Å². The molecule has 34 heavy (non-hydrogen) atoms. The zero-order valence-corrected chi connectivity index (χ0v) is 18.9. The molecular formula is C28H24FN3O2. The van der Waals surface area contributed by atoms with Crippen LogP contribution in [0.2, 0.25) is 0 Å². The Hall–Kier alpha value is -3.95. The number of carbonyl (C=O) groups is 1. The number of amides is 1. The van der Waals surface area contributed by atoms with Gasteiger partial charge in [-0.25, -0.2) is 4.39 Å². The molecule has 0 saturated heterocycles. The van der Waals surface area contributed by atoms with Gasteiger partial charge in [-0.2, -0.15) is 5.26 Å². The Labute approximate surface area is 198 Å². The summed E-state index contributed by atoms with van der Waals surface area (Å²) in [4.78, 5) is 17.3. The third-order valence-electron chi connectivity index (χ3n) is 6.38. The lowest BCUT2D eigenvalue weighted by molar-refractivity contribution is 0.0764. The Morgan fingerprint density at radius 2 is 1.88 bits per heavy atom. The largest absolute Gasteiger partial charge is 0.452 e. The molecule has 3 aromatic rings. The second-order valence-corrected chi connectivity index (χ2v) is 8.72. The van der Waals surface area contributed by atoms with Gasteiger partial charge in [-0.05, 0) is 53.9 Å². The molecule has 2 aliphatic heterocycles. The lowest BCUT2D eigenvalue weighted by Gasteiger charge is -2.22. The molecule has 5 nitrogen and oxygen atoms in total. The first-order valence-corrected chi connectivity index (χ1v) is 11.3. The summed E-state index contributed by atoms with van der Waals surface area (Å²) < 4.78 is 20.1. The topological polar surface area (TPSA) is 56.6 Å². The average molecular weight is 454 g/mol. The molecule has 6 heteroatoms. The van der Waals surface area contributed by atoms with E-state index in [-0.39, 0.29) is 23.0 Å². The van der Waals surface area contributed by atoms with Crippen LogP contribution in [0.5, 0.6) is 11.5 Å². The van der Waals surface area contributed by atoms with E-state index in [1.807, 2.05) is 12.1 Å². The number of nitriles is 1. The van der Waals surface area contributed by atoms with Gasteiger partial charge < -0.3 is 14.5 Å². The lowest BCUT2D eigenvalue weighted by atomic mass is 9.98. The maximum atomic E-state index is 14.3. The van der Waals surface area contributed by atoms with E-state index in [9.17, 15) is 14.4 Å². The number of carbonyl (C=O) groups excluding carboxylic acids is 1. The van der Waals surface area contributed by atoms with Gasteiger partial charge in [0.25, 0.3) is 5.91 Å². The monoisotopic (exact) mass is 453 g/mol. The summed E-state index contributed by atoms with van der Waals surface area (Å²) in [5.74, 6) is -0.707. The minimum Gasteiger partial charge on any atom is -0.452 e. The average Bonchev–Trinajstić information content (AvgIpc) is 3.17. The fourth-order valence-electron chi connectivity index (χ4n) is 4.49. The number of benzene rings is 3. The summed E-state index contributed by atoms with van der Waals surface area (Å²) in [6.07, 6.45) is 3.31. The van der Waals surface area contributed by atoms with E-state index in [1.54, 1.807) is 17.0 Å². The molecule has 0 atom stereocenters. The number of rotatable bonds is 5. The van der Waals surface area contributed by atoms with Crippen LogP contribution in [0.15, 0.2) is 66.7 Å². The summed E-state index contributed by atoms with van der Waals surface area (Å²) >= 11 is 0. The van der Waals surface area contributed by atoms with Crippen molar-refractivity contribution in [2.45, 2.75) is 19.5 Å². The van der Waals surface area contributed by atoms with Crippen LogP contribution in [0.25, 0.3) is 5.57 Å². The highest BCUT2D eigenvalue weighted by Crippen LogP contribution is 2.36. The molecule has 0 aromatic heterocycles. The predicted molar refractivity (Wildman–Crippen MR) is 128 cm³/mol. The number of likely N-dealkylation sites (N-methyl/N-ethyl adjacent to an activating group) is 1. The number of nitrogens with zero attached hydrogens (tertiary/aromatic N) is 3. The quantitative estimate of drug-likeness (QED) is 0.522. The van der Waals surface area contributed by atoms with Gasteiger partial charge in [0.05, 0.1) is 11.1 Å². The standard InChI is InChI=1S/C28H24FN3O2/c1-31-14-12-21(13-15-31)20-10-8-19(9-11-20)17-32-18-23-5-3-7-25(26(23)28(32)33)34-27-22(16-30)4-2-6-24(27)29/h2-12H,13-15,17-18H2,1H3. The van der Waals surface area contributed by atoms with Crippen LogP contribution < -0.4 is 4.74 Å². The van der Waals surface area contributed by atoms with Crippen molar-refractivity contribution in [3.05, 3.63) is 100 Å². The third kappa shape index (κ3) is 4.18. The maximum Gasteiger partial charge on any atom is 0.258 e. The van der Waals surface area contributed by atoms with Gasteiger partial charge in [0.2, 0.25) is 0 Å². The van der Waals surface area contributed by atoms with E-state index in [2.05, 4.69) is 42.3 Å². The van der Waals surface area contributed by atoms with Crippen molar-refractivity contribution in [3.63, 3.8) is 0 Å². The number of fused-ring (bicyclic) bond motifs is 1. The first-order valence-electron chi connectivity index (χ1n) is 11.3. The van der Waals surface area contributed by atoms with Crippen molar-refractivity contribution < 1.29 is 13.9 Å². The van der Waals surface area contributed by atoms with Crippen LogP contribution >= 0.6 is 0 Å². The molecule has 5 rings (SSSR count). The van der Waals surface area contributed by atoms with Crippen LogP contribution in [0.4, 0.5) is 4.39 Å². The van der Waals surface area contributed by atoms with Crippen molar-refractivity contribution in [1.82, 2.24) is 9.80 Å². The molecular weight excluding hydrogens is 429 g/mol. The minimum atomic E-state index is -0.640. The summed E-state index contributed by atoms with van der Waals surface area (Å²) in [7, 11) is 2.12. The second kappa shape index (κ2) is 9.12. The number of para-hydroxylation sites is 1. The van der Waals surface area contributed by atoms with Crippen molar-refractivity contribution >= 4 is 11.5 Å². The van der Waals surface area contributed by atoms with Crippen molar-refractivity contribution in [2.75, 3.05) is 20.1 Å². The molecule has 1 amide bonds. The Kier molecular flexibility index (Phi) is 5.87. The summed E-state index contributed by atoms with van der Waals surface area (Å²) in [5, 5.41) is 9.31. The van der Waals surface area contributed by atoms with Crippen LogP contribution in [-0.2, 0) is 13.1 Å². The van der Waals surface area contributed by atoms with E-state index in [0.29, 0.717) is 18.7 Å². The number of halogens is 1. The first kappa shape index (κ1) is 21.9. The van der Waals surface area contributed by atoms with Gasteiger partial charge in [-0.1, -0.05) is 48.5 Å². The summed E-state index contributed by atoms with van der Waals surface area (Å²) in [5.41, 5.74) is 4.96. The van der Waals surface area contributed by atoms with Gasteiger partial charge in [-0.3, -0.25) is 4.79 Å². The fourth-order valence-corrected chi connectivity index (χ4v) is 4.49. The minimum absolute atomic E-state index is 0.0831. The molecule has 2 heterocycles. The molecule has 3 aromatic carbocycles. The van der Waals surface area contributed by atoms with Crippen LogP contribution in [-0.4, -0.2) is 35.8 Å². The van der Waals surface area contributed by atoms with E-state index >= 15 is 0 Å². The fraction of sp³-hybridized carbons (Fsp3) is 0.214. The molecule has 2 aliphatic rings. The van der Waals surface area contributed by atoms with E-state index in [0.717, 1.165) is 30.6 Å². The molecule has 0 radical (unpaired) electrons. The van der Waals surface area contributed by atoms with Gasteiger partial charge in [0, 0.05) is 26.2 Å². The van der Waals surface area contributed by atoms with E-state index < -0.39 is 5.82 Å². The molecule has 0 bridgehead atoms. The van der Waals surface area contributed by atoms with Crippen LogP contribution in [0.1, 0.15) is 39.0 Å². The van der Waals surface area contributed by atoms with Crippen LogP contribution in [0.3, 0.4) is 0 Å². The smallest absolute Gasteiger partial charge is 0.258 e.